The summed E-state index contributed by atoms with van der Waals surface area (Å²) < 4.78 is 4.26. The van der Waals surface area contributed by atoms with Gasteiger partial charge < -0.3 is 4.57 Å². The van der Waals surface area contributed by atoms with Crippen molar-refractivity contribution in [1.82, 2.24) is 19.3 Å². The van der Waals surface area contributed by atoms with Crippen LogP contribution >= 0.6 is 22.9 Å². The van der Waals surface area contributed by atoms with Gasteiger partial charge in [-0.2, -0.15) is 5.10 Å². The molecule has 0 aromatic carbocycles. The van der Waals surface area contributed by atoms with Gasteiger partial charge in [0.15, 0.2) is 5.65 Å². The summed E-state index contributed by atoms with van der Waals surface area (Å²) in [5.74, 6) is 0.912. The maximum absolute atomic E-state index is 6.38. The first-order chi connectivity index (χ1) is 10.0. The van der Waals surface area contributed by atoms with E-state index in [0.717, 1.165) is 29.2 Å². The van der Waals surface area contributed by atoms with Gasteiger partial charge in [0.1, 0.15) is 11.3 Å². The lowest BCUT2D eigenvalue weighted by molar-refractivity contribution is 0.583. The summed E-state index contributed by atoms with van der Waals surface area (Å²) in [6, 6.07) is 4.44. The Morgan fingerprint density at radius 1 is 1.38 bits per heavy atom. The molecule has 3 aromatic heterocycles. The molecule has 3 aromatic rings. The molecule has 0 saturated heterocycles. The molecule has 2 atom stereocenters. The summed E-state index contributed by atoms with van der Waals surface area (Å²) in [4.78, 5) is 6.06. The van der Waals surface area contributed by atoms with E-state index in [0.29, 0.717) is 0 Å². The van der Waals surface area contributed by atoms with Gasteiger partial charge in [0.2, 0.25) is 0 Å². The molecule has 0 saturated carbocycles. The standard InChI is InChI=1S/C15H19ClN4S/c1-5-19-15-13(10(3)18-19)17-14(9(2)16)20(15)11(4)12-7-6-8-21-12/h6-9,11H,5H2,1-4H3. The smallest absolute Gasteiger partial charge is 0.159 e. The molecule has 0 aliphatic rings. The van der Waals surface area contributed by atoms with Crippen molar-refractivity contribution in [2.24, 2.45) is 0 Å². The molecule has 112 valence electrons. The van der Waals surface area contributed by atoms with Crippen LogP contribution in [0.2, 0.25) is 0 Å². The van der Waals surface area contributed by atoms with Gasteiger partial charge in [0, 0.05) is 11.4 Å². The maximum atomic E-state index is 6.38. The van der Waals surface area contributed by atoms with E-state index in [2.05, 4.69) is 41.0 Å². The number of aryl methyl sites for hydroxylation is 2. The fourth-order valence-electron chi connectivity index (χ4n) is 2.75. The highest BCUT2D eigenvalue weighted by Gasteiger charge is 2.24. The Bertz CT molecular complexity index is 754. The van der Waals surface area contributed by atoms with Crippen LogP contribution in [-0.4, -0.2) is 19.3 Å². The Kier molecular flexibility index (Phi) is 3.80. The molecule has 6 heteroatoms. The third-order valence-electron chi connectivity index (χ3n) is 3.77. The number of fused-ring (bicyclic) bond motifs is 1. The number of alkyl halides is 1. The van der Waals surface area contributed by atoms with E-state index in [1.807, 2.05) is 18.5 Å². The second-order valence-corrected chi connectivity index (χ2v) is 6.85. The van der Waals surface area contributed by atoms with Gasteiger partial charge in [-0.05, 0) is 39.1 Å². The molecular formula is C15H19ClN4S. The minimum absolute atomic E-state index is 0.135. The van der Waals surface area contributed by atoms with E-state index in [1.54, 1.807) is 11.3 Å². The quantitative estimate of drug-likeness (QED) is 0.661. The van der Waals surface area contributed by atoms with E-state index >= 15 is 0 Å². The molecule has 0 spiro atoms. The third-order valence-corrected chi connectivity index (χ3v) is 5.01. The van der Waals surface area contributed by atoms with Crippen LogP contribution in [0.15, 0.2) is 17.5 Å². The molecule has 3 heterocycles. The molecule has 0 radical (unpaired) electrons. The van der Waals surface area contributed by atoms with Crippen LogP contribution in [0.4, 0.5) is 0 Å². The first kappa shape index (κ1) is 14.6. The molecule has 4 nitrogen and oxygen atoms in total. The van der Waals surface area contributed by atoms with Crippen molar-refractivity contribution in [2.75, 3.05) is 0 Å². The maximum Gasteiger partial charge on any atom is 0.159 e. The average molecular weight is 323 g/mol. The SMILES string of the molecule is CCn1nc(C)c2nc(C(C)Cl)n(C(C)c3cccs3)c21. The fraction of sp³-hybridized carbons (Fsp3) is 0.467. The number of hydrogen-bond acceptors (Lipinski definition) is 3. The average Bonchev–Trinajstić information content (AvgIpc) is 3.14. The van der Waals surface area contributed by atoms with E-state index in [4.69, 9.17) is 16.6 Å². The lowest BCUT2D eigenvalue weighted by Crippen LogP contribution is -2.13. The molecule has 2 unspecified atom stereocenters. The minimum atomic E-state index is -0.135. The normalized spacial score (nSPS) is 14.7. The van der Waals surface area contributed by atoms with Crippen molar-refractivity contribution in [1.29, 1.82) is 0 Å². The number of hydrogen-bond donors (Lipinski definition) is 0. The number of nitrogens with zero attached hydrogens (tertiary/aromatic N) is 4. The Hall–Kier alpha value is -1.33. The lowest BCUT2D eigenvalue weighted by atomic mass is 10.2. The number of imidazole rings is 1. The summed E-state index contributed by atoms with van der Waals surface area (Å²) >= 11 is 8.14. The van der Waals surface area contributed by atoms with E-state index in [1.165, 1.54) is 4.88 Å². The fourth-order valence-corrected chi connectivity index (χ4v) is 3.67. The molecule has 0 fully saturated rings. The Labute approximate surface area is 133 Å². The lowest BCUT2D eigenvalue weighted by Gasteiger charge is -2.18. The topological polar surface area (TPSA) is 35.6 Å². The molecule has 0 aliphatic carbocycles. The summed E-state index contributed by atoms with van der Waals surface area (Å²) in [5.41, 5.74) is 2.99. The predicted molar refractivity (Wildman–Crippen MR) is 88.3 cm³/mol. The van der Waals surface area contributed by atoms with Crippen LogP contribution in [0.3, 0.4) is 0 Å². The van der Waals surface area contributed by atoms with Crippen molar-refractivity contribution >= 4 is 34.1 Å². The summed E-state index contributed by atoms with van der Waals surface area (Å²) in [6.07, 6.45) is 0. The zero-order valence-electron chi connectivity index (χ0n) is 12.7. The third kappa shape index (κ3) is 2.28. The first-order valence-corrected chi connectivity index (χ1v) is 8.48. The highest BCUT2D eigenvalue weighted by Crippen LogP contribution is 2.33. The van der Waals surface area contributed by atoms with E-state index in [9.17, 15) is 0 Å². The largest absolute Gasteiger partial charge is 0.303 e. The first-order valence-electron chi connectivity index (χ1n) is 7.17. The summed E-state index contributed by atoms with van der Waals surface area (Å²) in [6.45, 7) is 9.09. The van der Waals surface area contributed by atoms with Gasteiger partial charge in [0.25, 0.3) is 0 Å². The van der Waals surface area contributed by atoms with Crippen LogP contribution < -0.4 is 0 Å². The van der Waals surface area contributed by atoms with Crippen LogP contribution in [0, 0.1) is 6.92 Å². The van der Waals surface area contributed by atoms with Gasteiger partial charge in [-0.1, -0.05) is 6.07 Å². The summed E-state index contributed by atoms with van der Waals surface area (Å²) in [7, 11) is 0. The van der Waals surface area contributed by atoms with Crippen LogP contribution in [0.25, 0.3) is 11.2 Å². The van der Waals surface area contributed by atoms with Gasteiger partial charge in [0.05, 0.1) is 17.1 Å². The van der Waals surface area contributed by atoms with E-state index < -0.39 is 0 Å². The number of thiophene rings is 1. The van der Waals surface area contributed by atoms with Crippen molar-refractivity contribution in [3.05, 3.63) is 33.9 Å². The van der Waals surface area contributed by atoms with Crippen molar-refractivity contribution in [2.45, 2.75) is 45.7 Å². The predicted octanol–water partition coefficient (Wildman–Crippen LogP) is 4.53. The van der Waals surface area contributed by atoms with Crippen LogP contribution in [0.1, 0.15) is 48.6 Å². The monoisotopic (exact) mass is 322 g/mol. The van der Waals surface area contributed by atoms with Gasteiger partial charge in [-0.15, -0.1) is 22.9 Å². The number of halogens is 1. The molecule has 0 aliphatic heterocycles. The minimum Gasteiger partial charge on any atom is -0.303 e. The highest BCUT2D eigenvalue weighted by molar-refractivity contribution is 7.10. The summed E-state index contributed by atoms with van der Waals surface area (Å²) in [5, 5.41) is 6.56. The molecule has 3 rings (SSSR count). The molecule has 0 amide bonds. The van der Waals surface area contributed by atoms with E-state index in [-0.39, 0.29) is 11.4 Å². The Balaban J connectivity index is 2.29. The van der Waals surface area contributed by atoms with Gasteiger partial charge in [-0.25, -0.2) is 9.67 Å². The molecular weight excluding hydrogens is 304 g/mol. The van der Waals surface area contributed by atoms with Gasteiger partial charge in [-0.3, -0.25) is 0 Å². The van der Waals surface area contributed by atoms with Gasteiger partial charge >= 0.3 is 0 Å². The Morgan fingerprint density at radius 2 is 2.14 bits per heavy atom. The second kappa shape index (κ2) is 5.46. The zero-order valence-corrected chi connectivity index (χ0v) is 14.2. The molecule has 21 heavy (non-hydrogen) atoms. The number of aromatic nitrogens is 4. The van der Waals surface area contributed by atoms with Crippen molar-refractivity contribution < 1.29 is 0 Å². The number of rotatable bonds is 4. The Morgan fingerprint density at radius 3 is 2.71 bits per heavy atom. The van der Waals surface area contributed by atoms with Crippen molar-refractivity contribution in [3.8, 4) is 0 Å². The second-order valence-electron chi connectivity index (χ2n) is 5.22. The van der Waals surface area contributed by atoms with Crippen molar-refractivity contribution in [3.63, 3.8) is 0 Å². The van der Waals surface area contributed by atoms with Crippen LogP contribution in [-0.2, 0) is 6.54 Å². The highest BCUT2D eigenvalue weighted by atomic mass is 35.5. The molecule has 0 bridgehead atoms. The zero-order chi connectivity index (χ0) is 15.1. The van der Waals surface area contributed by atoms with Crippen LogP contribution in [0.5, 0.6) is 0 Å². The molecule has 0 N–H and O–H groups in total.